The highest BCUT2D eigenvalue weighted by Crippen LogP contribution is 2.32. The van der Waals surface area contributed by atoms with E-state index in [-0.39, 0.29) is 18.7 Å². The molecular formula is C26H21F4N3O4S. The Kier molecular flexibility index (Phi) is 6.70. The van der Waals surface area contributed by atoms with Gasteiger partial charge in [-0.1, -0.05) is 24.3 Å². The summed E-state index contributed by atoms with van der Waals surface area (Å²) in [5.74, 6) is -1.20. The van der Waals surface area contributed by atoms with E-state index in [1.807, 2.05) is 0 Å². The second kappa shape index (κ2) is 9.84. The summed E-state index contributed by atoms with van der Waals surface area (Å²) in [6, 6.07) is 12.2. The standard InChI is InChI=1S/C26H21F4N3O4S/c27-20-4-1-3-18-14-23(37-24(18)20)38(35,36)33-12-2-5-22(33)25(34)32-15-16-10-11-31-21(13-16)17-6-8-19(9-7-17)26(28,29)30/h1,3-4,6-11,13-14,22H,2,5,12,15H2,(H,32,34)/t22-/m0/s1. The van der Waals surface area contributed by atoms with Crippen LogP contribution in [0.2, 0.25) is 0 Å². The molecule has 1 atom stereocenters. The Morgan fingerprint density at radius 1 is 1.11 bits per heavy atom. The molecule has 2 aromatic carbocycles. The normalized spacial score (nSPS) is 16.7. The molecule has 7 nitrogen and oxygen atoms in total. The Bertz CT molecular complexity index is 1600. The van der Waals surface area contributed by atoms with Gasteiger partial charge in [0.15, 0.2) is 11.4 Å². The van der Waals surface area contributed by atoms with E-state index in [0.717, 1.165) is 22.5 Å². The van der Waals surface area contributed by atoms with Gasteiger partial charge >= 0.3 is 6.18 Å². The van der Waals surface area contributed by atoms with Gasteiger partial charge in [-0.3, -0.25) is 9.78 Å². The van der Waals surface area contributed by atoms with Gasteiger partial charge in [-0.05, 0) is 48.7 Å². The number of rotatable bonds is 6. The van der Waals surface area contributed by atoms with Gasteiger partial charge in [-0.15, -0.1) is 0 Å². The average molecular weight is 548 g/mol. The van der Waals surface area contributed by atoms with E-state index in [9.17, 15) is 30.8 Å². The molecule has 0 radical (unpaired) electrons. The minimum absolute atomic E-state index is 0.0508. The molecule has 3 heterocycles. The topological polar surface area (TPSA) is 92.5 Å². The number of aromatic nitrogens is 1. The number of furan rings is 1. The summed E-state index contributed by atoms with van der Waals surface area (Å²) < 4.78 is 85.4. The highest BCUT2D eigenvalue weighted by atomic mass is 32.2. The van der Waals surface area contributed by atoms with E-state index in [1.54, 1.807) is 12.1 Å². The second-order valence-corrected chi connectivity index (χ2v) is 10.7. The molecule has 0 aliphatic carbocycles. The number of benzene rings is 2. The van der Waals surface area contributed by atoms with Crippen LogP contribution in [0.25, 0.3) is 22.2 Å². The minimum Gasteiger partial charge on any atom is -0.440 e. The van der Waals surface area contributed by atoms with Crippen LogP contribution in [0, 0.1) is 5.82 Å². The molecule has 38 heavy (non-hydrogen) atoms. The molecule has 0 spiro atoms. The molecule has 198 valence electrons. The monoisotopic (exact) mass is 547 g/mol. The summed E-state index contributed by atoms with van der Waals surface area (Å²) in [5, 5.41) is 2.58. The van der Waals surface area contributed by atoms with Crippen LogP contribution in [0.4, 0.5) is 17.6 Å². The number of carbonyl (C=O) groups excluding carboxylic acids is 1. The zero-order chi connectivity index (χ0) is 27.1. The van der Waals surface area contributed by atoms with Crippen molar-refractivity contribution in [2.75, 3.05) is 6.54 Å². The van der Waals surface area contributed by atoms with E-state index < -0.39 is 44.6 Å². The summed E-state index contributed by atoms with van der Waals surface area (Å²) in [6.07, 6.45) is -2.21. The summed E-state index contributed by atoms with van der Waals surface area (Å²) in [6.45, 7) is 0.155. The molecule has 1 saturated heterocycles. The first-order valence-corrected chi connectivity index (χ1v) is 13.1. The van der Waals surface area contributed by atoms with Gasteiger partial charge < -0.3 is 9.73 Å². The Balaban J connectivity index is 1.29. The summed E-state index contributed by atoms with van der Waals surface area (Å²) in [5.41, 5.74) is 0.582. The third-order valence-electron chi connectivity index (χ3n) is 6.34. The molecule has 0 saturated carbocycles. The molecule has 1 N–H and O–H groups in total. The molecule has 1 aliphatic heterocycles. The lowest BCUT2D eigenvalue weighted by Gasteiger charge is -2.22. The third kappa shape index (κ3) is 5.01. The van der Waals surface area contributed by atoms with Gasteiger partial charge in [0.1, 0.15) is 6.04 Å². The number of hydrogen-bond donors (Lipinski definition) is 1. The first-order valence-electron chi connectivity index (χ1n) is 11.6. The zero-order valence-electron chi connectivity index (χ0n) is 19.7. The smallest absolute Gasteiger partial charge is 0.416 e. The molecule has 1 amide bonds. The number of halogens is 4. The quantitative estimate of drug-likeness (QED) is 0.338. The van der Waals surface area contributed by atoms with Crippen LogP contribution in [-0.4, -0.2) is 36.2 Å². The number of pyridine rings is 1. The van der Waals surface area contributed by atoms with Crippen molar-refractivity contribution in [3.8, 4) is 11.3 Å². The van der Waals surface area contributed by atoms with Crippen LogP contribution in [0.15, 0.2) is 76.4 Å². The van der Waals surface area contributed by atoms with Crippen molar-refractivity contribution in [2.45, 2.75) is 36.7 Å². The molecule has 1 aliphatic rings. The molecular weight excluding hydrogens is 526 g/mol. The van der Waals surface area contributed by atoms with E-state index in [2.05, 4.69) is 10.3 Å². The molecule has 0 unspecified atom stereocenters. The molecule has 0 bridgehead atoms. The minimum atomic E-state index is -4.44. The second-order valence-electron chi connectivity index (χ2n) is 8.84. The summed E-state index contributed by atoms with van der Waals surface area (Å²) in [7, 11) is -4.20. The van der Waals surface area contributed by atoms with Gasteiger partial charge in [-0.25, -0.2) is 12.8 Å². The SMILES string of the molecule is O=C(NCc1ccnc(-c2ccc(C(F)(F)F)cc2)c1)[C@@H]1CCCN1S(=O)(=O)c1cc2cccc(F)c2o1. The average Bonchev–Trinajstić information content (AvgIpc) is 3.56. The Hall–Kier alpha value is -3.77. The van der Waals surface area contributed by atoms with Crippen LogP contribution in [0.5, 0.6) is 0 Å². The van der Waals surface area contributed by atoms with Gasteiger partial charge in [0.25, 0.3) is 10.0 Å². The highest BCUT2D eigenvalue weighted by molar-refractivity contribution is 7.89. The van der Waals surface area contributed by atoms with Gasteiger partial charge in [0, 0.05) is 36.3 Å². The maximum absolute atomic E-state index is 14.0. The lowest BCUT2D eigenvalue weighted by Crippen LogP contribution is -2.45. The van der Waals surface area contributed by atoms with Crippen LogP contribution in [0.3, 0.4) is 0 Å². The predicted octanol–water partition coefficient (Wildman–Crippen LogP) is 5.12. The Morgan fingerprint density at radius 3 is 2.58 bits per heavy atom. The van der Waals surface area contributed by atoms with Gasteiger partial charge in [0.05, 0.1) is 11.3 Å². The first-order chi connectivity index (χ1) is 18.0. The van der Waals surface area contributed by atoms with Crippen LogP contribution < -0.4 is 5.32 Å². The maximum Gasteiger partial charge on any atom is 0.416 e. The van der Waals surface area contributed by atoms with Gasteiger partial charge in [0.2, 0.25) is 11.0 Å². The third-order valence-corrected chi connectivity index (χ3v) is 8.11. The number of para-hydroxylation sites is 1. The first kappa shape index (κ1) is 25.9. The number of nitrogens with one attached hydrogen (secondary N) is 1. The maximum atomic E-state index is 14.0. The molecule has 2 aromatic heterocycles. The van der Waals surface area contributed by atoms with Crippen LogP contribution >= 0.6 is 0 Å². The Labute approximate surface area is 215 Å². The highest BCUT2D eigenvalue weighted by Gasteiger charge is 2.41. The summed E-state index contributed by atoms with van der Waals surface area (Å²) >= 11 is 0. The predicted molar refractivity (Wildman–Crippen MR) is 130 cm³/mol. The molecule has 1 fully saturated rings. The Morgan fingerprint density at radius 2 is 1.87 bits per heavy atom. The number of carbonyl (C=O) groups is 1. The van der Waals surface area contributed by atoms with E-state index in [0.29, 0.717) is 35.0 Å². The fourth-order valence-electron chi connectivity index (χ4n) is 4.42. The zero-order valence-corrected chi connectivity index (χ0v) is 20.5. The van der Waals surface area contributed by atoms with Crippen molar-refractivity contribution in [1.82, 2.24) is 14.6 Å². The molecule has 5 rings (SSSR count). The summed E-state index contributed by atoms with van der Waals surface area (Å²) in [4.78, 5) is 17.2. The van der Waals surface area contributed by atoms with Crippen molar-refractivity contribution >= 4 is 26.9 Å². The number of hydrogen-bond acceptors (Lipinski definition) is 5. The van der Waals surface area contributed by atoms with Crippen molar-refractivity contribution in [3.63, 3.8) is 0 Å². The van der Waals surface area contributed by atoms with E-state index >= 15 is 0 Å². The number of alkyl halides is 3. The number of sulfonamides is 1. The largest absolute Gasteiger partial charge is 0.440 e. The van der Waals surface area contributed by atoms with Crippen LogP contribution in [0.1, 0.15) is 24.0 Å². The number of amides is 1. The van der Waals surface area contributed by atoms with Crippen molar-refractivity contribution in [3.05, 3.63) is 83.8 Å². The lowest BCUT2D eigenvalue weighted by atomic mass is 10.1. The van der Waals surface area contributed by atoms with Crippen molar-refractivity contribution in [1.29, 1.82) is 0 Å². The number of nitrogens with zero attached hydrogens (tertiary/aromatic N) is 2. The molecule has 4 aromatic rings. The fraction of sp³-hybridized carbons (Fsp3) is 0.231. The fourth-order valence-corrected chi connectivity index (χ4v) is 6.02. The molecule has 12 heteroatoms. The van der Waals surface area contributed by atoms with E-state index in [1.165, 1.54) is 36.5 Å². The van der Waals surface area contributed by atoms with E-state index in [4.69, 9.17) is 4.42 Å². The van der Waals surface area contributed by atoms with Crippen LogP contribution in [-0.2, 0) is 27.5 Å². The number of fused-ring (bicyclic) bond motifs is 1. The van der Waals surface area contributed by atoms with Crippen molar-refractivity contribution in [2.24, 2.45) is 0 Å². The lowest BCUT2D eigenvalue weighted by molar-refractivity contribution is -0.137. The van der Waals surface area contributed by atoms with Gasteiger partial charge in [-0.2, -0.15) is 17.5 Å². The van der Waals surface area contributed by atoms with Crippen molar-refractivity contribution < 1.29 is 35.2 Å².